The first kappa shape index (κ1) is 17.1. The minimum Gasteiger partial charge on any atom is -0.467 e. The van der Waals surface area contributed by atoms with E-state index >= 15 is 0 Å². The van der Waals surface area contributed by atoms with E-state index in [-0.39, 0.29) is 35.7 Å². The van der Waals surface area contributed by atoms with Crippen LogP contribution in [0.3, 0.4) is 0 Å². The quantitative estimate of drug-likeness (QED) is 0.743. The average Bonchev–Trinajstić information content (AvgIpc) is 2.52. The highest BCUT2D eigenvalue weighted by Crippen LogP contribution is 2.16. The number of methoxy groups -OCH3 is 1. The van der Waals surface area contributed by atoms with Crippen molar-refractivity contribution in [2.24, 2.45) is 5.73 Å². The molecule has 1 heterocycles. The number of fused-ring (bicyclic) bond motifs is 1. The zero-order valence-electron chi connectivity index (χ0n) is 11.5. The Morgan fingerprint density at radius 2 is 1.86 bits per heavy atom. The van der Waals surface area contributed by atoms with Gasteiger partial charge in [0.2, 0.25) is 0 Å². The molecule has 1 unspecified atom stereocenters. The number of rotatable bonds is 1. The zero-order valence-corrected chi connectivity index (χ0v) is 12.3. The Morgan fingerprint density at radius 3 is 2.48 bits per heavy atom. The molecule has 0 aliphatic carbocycles. The molecule has 0 bridgehead atoms. The maximum atomic E-state index is 12.2. The molecule has 0 fully saturated rings. The molecule has 1 amide bonds. The molecule has 6 nitrogen and oxygen atoms in total. The summed E-state index contributed by atoms with van der Waals surface area (Å²) in [5, 5.41) is 2.59. The van der Waals surface area contributed by atoms with Gasteiger partial charge in [0.25, 0.3) is 5.91 Å². The fraction of sp³-hybridized carbons (Fsp3) is 0.357. The number of ketones is 1. The lowest BCUT2D eigenvalue weighted by molar-refractivity contribution is -0.143. The molecule has 114 valence electrons. The highest BCUT2D eigenvalue weighted by Gasteiger charge is 2.29. The third-order valence-electron chi connectivity index (χ3n) is 3.33. The molecular weight excluding hydrogens is 296 g/mol. The van der Waals surface area contributed by atoms with Gasteiger partial charge in [-0.2, -0.15) is 0 Å². The van der Waals surface area contributed by atoms with Crippen LogP contribution >= 0.6 is 12.4 Å². The minimum atomic E-state index is -0.794. The molecule has 0 aromatic heterocycles. The number of benzene rings is 1. The second-order valence-electron chi connectivity index (χ2n) is 4.64. The van der Waals surface area contributed by atoms with Crippen molar-refractivity contribution in [1.82, 2.24) is 5.32 Å². The number of ether oxygens (including phenoxy) is 1. The monoisotopic (exact) mass is 312 g/mol. The molecule has 1 aromatic carbocycles. The number of carbonyl (C=O) groups excluding carboxylic acids is 3. The smallest absolute Gasteiger partial charge is 0.328 e. The Hall–Kier alpha value is -1.92. The summed E-state index contributed by atoms with van der Waals surface area (Å²) in [6, 6.07) is 4.90. The van der Waals surface area contributed by atoms with Crippen molar-refractivity contribution in [3.05, 3.63) is 35.4 Å². The molecule has 7 heteroatoms. The van der Waals surface area contributed by atoms with Crippen LogP contribution in [-0.2, 0) is 9.53 Å². The minimum absolute atomic E-state index is 0. The molecule has 2 atom stereocenters. The lowest BCUT2D eigenvalue weighted by Crippen LogP contribution is -2.41. The predicted octanol–water partition coefficient (Wildman–Crippen LogP) is 0.684. The number of esters is 1. The van der Waals surface area contributed by atoms with Gasteiger partial charge in [-0.05, 0) is 18.9 Å². The molecule has 0 saturated carbocycles. The highest BCUT2D eigenvalue weighted by molar-refractivity contribution is 6.10. The van der Waals surface area contributed by atoms with Crippen molar-refractivity contribution in [3.63, 3.8) is 0 Å². The van der Waals surface area contributed by atoms with Gasteiger partial charge >= 0.3 is 5.97 Å². The Morgan fingerprint density at radius 1 is 1.24 bits per heavy atom. The van der Waals surface area contributed by atoms with Gasteiger partial charge in [-0.25, -0.2) is 4.79 Å². The van der Waals surface area contributed by atoms with Crippen LogP contribution in [0.25, 0.3) is 0 Å². The lowest BCUT2D eigenvalue weighted by Gasteiger charge is -2.15. The first-order valence-electron chi connectivity index (χ1n) is 6.32. The Labute approximate surface area is 128 Å². The number of hydrogen-bond donors (Lipinski definition) is 2. The third kappa shape index (κ3) is 3.59. The molecule has 2 rings (SSSR count). The fourth-order valence-corrected chi connectivity index (χ4v) is 2.20. The van der Waals surface area contributed by atoms with E-state index in [1.54, 1.807) is 18.2 Å². The van der Waals surface area contributed by atoms with Gasteiger partial charge in [-0.15, -0.1) is 12.4 Å². The van der Waals surface area contributed by atoms with E-state index in [0.717, 1.165) is 0 Å². The van der Waals surface area contributed by atoms with Gasteiger partial charge in [-0.3, -0.25) is 9.59 Å². The number of nitrogens with two attached hydrogens (primary N) is 1. The van der Waals surface area contributed by atoms with Gasteiger partial charge < -0.3 is 15.8 Å². The SMILES string of the molecule is COC(=O)[C@@H]1CCC(N)C(=O)c2ccccc2C(=O)N1.Cl. The van der Waals surface area contributed by atoms with Gasteiger partial charge in [0.1, 0.15) is 6.04 Å². The van der Waals surface area contributed by atoms with E-state index in [0.29, 0.717) is 6.42 Å². The lowest BCUT2D eigenvalue weighted by atomic mass is 9.97. The number of nitrogens with one attached hydrogen (secondary N) is 1. The predicted molar refractivity (Wildman–Crippen MR) is 78.5 cm³/mol. The van der Waals surface area contributed by atoms with Gasteiger partial charge in [0.15, 0.2) is 5.78 Å². The zero-order chi connectivity index (χ0) is 14.7. The van der Waals surface area contributed by atoms with Crippen LogP contribution in [-0.4, -0.2) is 36.9 Å². The van der Waals surface area contributed by atoms with Crippen molar-refractivity contribution in [1.29, 1.82) is 0 Å². The van der Waals surface area contributed by atoms with Crippen molar-refractivity contribution in [3.8, 4) is 0 Å². The molecule has 1 aliphatic rings. The molecule has 21 heavy (non-hydrogen) atoms. The third-order valence-corrected chi connectivity index (χ3v) is 3.33. The van der Waals surface area contributed by atoms with Gasteiger partial charge in [-0.1, -0.05) is 18.2 Å². The normalized spacial score (nSPS) is 21.8. The summed E-state index contributed by atoms with van der Waals surface area (Å²) in [7, 11) is 1.25. The molecule has 0 spiro atoms. The van der Waals surface area contributed by atoms with Crippen molar-refractivity contribution >= 4 is 30.1 Å². The largest absolute Gasteiger partial charge is 0.467 e. The number of amides is 1. The van der Waals surface area contributed by atoms with Crippen LogP contribution in [0.4, 0.5) is 0 Å². The van der Waals surface area contributed by atoms with E-state index in [4.69, 9.17) is 5.73 Å². The topological polar surface area (TPSA) is 98.5 Å². The number of hydrogen-bond acceptors (Lipinski definition) is 5. The summed E-state index contributed by atoms with van der Waals surface area (Å²) in [5.41, 5.74) is 6.35. The standard InChI is InChI=1S/C14H16N2O4.ClH/c1-20-14(19)11-7-6-10(15)12(17)8-4-2-3-5-9(8)13(18)16-11;/h2-5,10-11H,6-7,15H2,1H3,(H,16,18);1H/t10?,11-;/m0./s1. The molecule has 0 saturated heterocycles. The van der Waals surface area contributed by atoms with E-state index in [1.165, 1.54) is 13.2 Å². The summed E-state index contributed by atoms with van der Waals surface area (Å²) in [4.78, 5) is 36.0. The second-order valence-corrected chi connectivity index (χ2v) is 4.64. The van der Waals surface area contributed by atoms with Crippen molar-refractivity contribution in [2.45, 2.75) is 24.9 Å². The number of carbonyl (C=O) groups is 3. The Kier molecular flexibility index (Phi) is 5.87. The summed E-state index contributed by atoms with van der Waals surface area (Å²) in [6.07, 6.45) is 0.562. The van der Waals surface area contributed by atoms with Crippen molar-refractivity contribution in [2.75, 3.05) is 7.11 Å². The second kappa shape index (κ2) is 7.19. The summed E-state index contributed by atoms with van der Waals surface area (Å²) in [5.74, 6) is -1.31. The van der Waals surface area contributed by atoms with Crippen LogP contribution in [0.2, 0.25) is 0 Å². The molecule has 1 aliphatic heterocycles. The Balaban J connectivity index is 0.00000220. The number of halogens is 1. The summed E-state index contributed by atoms with van der Waals surface area (Å²) < 4.78 is 4.65. The molecular formula is C14H17ClN2O4. The van der Waals surface area contributed by atoms with Crippen LogP contribution in [0.5, 0.6) is 0 Å². The average molecular weight is 313 g/mol. The van der Waals surface area contributed by atoms with E-state index in [2.05, 4.69) is 10.1 Å². The summed E-state index contributed by atoms with van der Waals surface area (Å²) >= 11 is 0. The first-order chi connectivity index (χ1) is 9.54. The maximum Gasteiger partial charge on any atom is 0.328 e. The van der Waals surface area contributed by atoms with Crippen LogP contribution in [0, 0.1) is 0 Å². The van der Waals surface area contributed by atoms with Crippen LogP contribution in [0.15, 0.2) is 24.3 Å². The molecule has 3 N–H and O–H groups in total. The Bertz CT molecular complexity index is 562. The highest BCUT2D eigenvalue weighted by atomic mass is 35.5. The fourth-order valence-electron chi connectivity index (χ4n) is 2.20. The van der Waals surface area contributed by atoms with E-state index < -0.39 is 24.0 Å². The van der Waals surface area contributed by atoms with Gasteiger partial charge in [0, 0.05) is 5.56 Å². The van der Waals surface area contributed by atoms with Gasteiger partial charge in [0.05, 0.1) is 18.7 Å². The first-order valence-corrected chi connectivity index (χ1v) is 6.32. The van der Waals surface area contributed by atoms with Crippen LogP contribution in [0.1, 0.15) is 33.6 Å². The molecule has 1 aromatic rings. The van der Waals surface area contributed by atoms with Crippen molar-refractivity contribution < 1.29 is 19.1 Å². The van der Waals surface area contributed by atoms with E-state index in [1.807, 2.05) is 0 Å². The number of Topliss-reactive ketones (excluding diaryl/α,β-unsaturated/α-hetero) is 1. The van der Waals surface area contributed by atoms with E-state index in [9.17, 15) is 14.4 Å². The van der Waals surface area contributed by atoms with Crippen LogP contribution < -0.4 is 11.1 Å². The molecule has 0 radical (unpaired) electrons. The maximum absolute atomic E-state index is 12.2. The summed E-state index contributed by atoms with van der Waals surface area (Å²) in [6.45, 7) is 0.